The minimum atomic E-state index is -0.250. The van der Waals surface area contributed by atoms with E-state index in [-0.39, 0.29) is 17.8 Å². The number of benzene rings is 1. The van der Waals surface area contributed by atoms with Gasteiger partial charge < -0.3 is 10.1 Å². The van der Waals surface area contributed by atoms with Crippen LogP contribution in [0.25, 0.3) is 0 Å². The maximum Gasteiger partial charge on any atom is 0.306 e. The summed E-state index contributed by atoms with van der Waals surface area (Å²) in [7, 11) is 1.36. The van der Waals surface area contributed by atoms with Crippen molar-refractivity contribution in [3.05, 3.63) is 35.1 Å². The molecule has 0 heterocycles. The van der Waals surface area contributed by atoms with Crippen LogP contribution in [0.1, 0.15) is 30.5 Å². The Bertz CT molecular complexity index is 393. The van der Waals surface area contributed by atoms with Gasteiger partial charge in [0.15, 0.2) is 0 Å². The van der Waals surface area contributed by atoms with Crippen molar-refractivity contribution in [2.75, 3.05) is 13.7 Å². The van der Waals surface area contributed by atoms with E-state index in [1.165, 1.54) is 13.2 Å². The Kier molecular flexibility index (Phi) is 5.10. The molecule has 0 radical (unpaired) electrons. The minimum Gasteiger partial charge on any atom is -0.469 e. The summed E-state index contributed by atoms with van der Waals surface area (Å²) in [4.78, 5) is 10.9. The van der Waals surface area contributed by atoms with E-state index in [0.29, 0.717) is 18.5 Å². The third-order valence-electron chi connectivity index (χ3n) is 2.70. The van der Waals surface area contributed by atoms with E-state index in [2.05, 4.69) is 10.1 Å². The number of methoxy groups -OCH3 is 1. The largest absolute Gasteiger partial charge is 0.469 e. The Hall–Kier alpha value is -1.42. The number of carbonyl (C=O) groups is 1. The molecule has 4 heteroatoms. The maximum absolute atomic E-state index is 13.3. The van der Waals surface area contributed by atoms with Gasteiger partial charge in [0.05, 0.1) is 13.5 Å². The predicted molar refractivity (Wildman–Crippen MR) is 64.2 cm³/mol. The Morgan fingerprint density at radius 2 is 2.24 bits per heavy atom. The normalized spacial score (nSPS) is 12.2. The van der Waals surface area contributed by atoms with Crippen LogP contribution in [0.3, 0.4) is 0 Å². The quantitative estimate of drug-likeness (QED) is 0.801. The highest BCUT2D eigenvalue weighted by molar-refractivity contribution is 5.69. The molecule has 1 aromatic rings. The molecule has 0 aliphatic rings. The molecule has 0 amide bonds. The van der Waals surface area contributed by atoms with Gasteiger partial charge in [0, 0.05) is 12.6 Å². The fourth-order valence-electron chi connectivity index (χ4n) is 1.49. The molecule has 0 aromatic heterocycles. The molecule has 3 nitrogen and oxygen atoms in total. The number of hydrogen-bond acceptors (Lipinski definition) is 3. The van der Waals surface area contributed by atoms with Crippen LogP contribution < -0.4 is 5.32 Å². The van der Waals surface area contributed by atoms with Crippen LogP contribution in [0.2, 0.25) is 0 Å². The van der Waals surface area contributed by atoms with Crippen molar-refractivity contribution in [2.24, 2.45) is 0 Å². The summed E-state index contributed by atoms with van der Waals surface area (Å²) in [5.41, 5.74) is 1.51. The number of carbonyl (C=O) groups excluding carboxylic acids is 1. The SMILES string of the molecule is COC(=O)CCNC(C)c1ccc(C)c(F)c1. The van der Waals surface area contributed by atoms with Crippen LogP contribution in [-0.4, -0.2) is 19.6 Å². The average molecular weight is 239 g/mol. The molecule has 1 rings (SSSR count). The number of hydrogen-bond donors (Lipinski definition) is 1. The second-order valence-electron chi connectivity index (χ2n) is 4.01. The standard InChI is InChI=1S/C13H18FNO2/c1-9-4-5-11(8-12(9)14)10(2)15-7-6-13(16)17-3/h4-5,8,10,15H,6-7H2,1-3H3. The van der Waals surface area contributed by atoms with E-state index in [1.54, 1.807) is 13.0 Å². The smallest absolute Gasteiger partial charge is 0.306 e. The van der Waals surface area contributed by atoms with Gasteiger partial charge in [-0.15, -0.1) is 0 Å². The Balaban J connectivity index is 2.49. The van der Waals surface area contributed by atoms with Crippen LogP contribution >= 0.6 is 0 Å². The lowest BCUT2D eigenvalue weighted by atomic mass is 10.1. The number of nitrogens with one attached hydrogen (secondary N) is 1. The molecule has 94 valence electrons. The number of ether oxygens (including phenoxy) is 1. The molecule has 17 heavy (non-hydrogen) atoms. The lowest BCUT2D eigenvalue weighted by Crippen LogP contribution is -2.22. The van der Waals surface area contributed by atoms with E-state index >= 15 is 0 Å². The van der Waals surface area contributed by atoms with Gasteiger partial charge >= 0.3 is 5.97 Å². The van der Waals surface area contributed by atoms with Crippen molar-refractivity contribution < 1.29 is 13.9 Å². The lowest BCUT2D eigenvalue weighted by Gasteiger charge is -2.14. The molecule has 1 unspecified atom stereocenters. The molecular weight excluding hydrogens is 221 g/mol. The van der Waals surface area contributed by atoms with Crippen molar-refractivity contribution in [3.63, 3.8) is 0 Å². The van der Waals surface area contributed by atoms with Crippen LogP contribution in [0, 0.1) is 12.7 Å². The van der Waals surface area contributed by atoms with E-state index in [1.807, 2.05) is 13.0 Å². The minimum absolute atomic E-state index is 0.00903. The fraction of sp³-hybridized carbons (Fsp3) is 0.462. The van der Waals surface area contributed by atoms with Gasteiger partial charge in [-0.05, 0) is 31.0 Å². The van der Waals surface area contributed by atoms with Gasteiger partial charge in [0.25, 0.3) is 0 Å². The number of esters is 1. The molecule has 0 saturated carbocycles. The second kappa shape index (κ2) is 6.35. The first-order valence-electron chi connectivity index (χ1n) is 5.61. The highest BCUT2D eigenvalue weighted by atomic mass is 19.1. The van der Waals surface area contributed by atoms with E-state index in [4.69, 9.17) is 0 Å². The first-order chi connectivity index (χ1) is 8.04. The van der Waals surface area contributed by atoms with E-state index in [0.717, 1.165) is 5.56 Å². The number of aryl methyl sites for hydroxylation is 1. The summed E-state index contributed by atoms with van der Waals surface area (Å²) in [6.45, 7) is 4.18. The zero-order chi connectivity index (χ0) is 12.8. The van der Waals surface area contributed by atoms with Gasteiger partial charge in [-0.2, -0.15) is 0 Å². The zero-order valence-electron chi connectivity index (χ0n) is 10.4. The molecule has 0 aliphatic heterocycles. The number of rotatable bonds is 5. The van der Waals surface area contributed by atoms with E-state index < -0.39 is 0 Å². The first kappa shape index (κ1) is 13.6. The fourth-order valence-corrected chi connectivity index (χ4v) is 1.49. The Labute approximate surface area is 101 Å². The first-order valence-corrected chi connectivity index (χ1v) is 5.61. The van der Waals surface area contributed by atoms with Crippen molar-refractivity contribution in [1.82, 2.24) is 5.32 Å². The molecule has 0 spiro atoms. The molecule has 1 atom stereocenters. The van der Waals surface area contributed by atoms with Crippen molar-refractivity contribution in [2.45, 2.75) is 26.3 Å². The summed E-state index contributed by atoms with van der Waals surface area (Å²) in [6.07, 6.45) is 0.315. The molecule has 1 aromatic carbocycles. The molecule has 0 saturated heterocycles. The summed E-state index contributed by atoms with van der Waals surface area (Å²) in [6, 6.07) is 5.16. The third kappa shape index (κ3) is 4.15. The van der Waals surface area contributed by atoms with Crippen LogP contribution in [0.4, 0.5) is 4.39 Å². The lowest BCUT2D eigenvalue weighted by molar-refractivity contribution is -0.140. The summed E-state index contributed by atoms with van der Waals surface area (Å²) in [5, 5.41) is 3.14. The van der Waals surface area contributed by atoms with Gasteiger partial charge in [-0.25, -0.2) is 4.39 Å². The molecule has 1 N–H and O–H groups in total. The second-order valence-corrected chi connectivity index (χ2v) is 4.01. The highest BCUT2D eigenvalue weighted by Gasteiger charge is 2.08. The van der Waals surface area contributed by atoms with Crippen molar-refractivity contribution >= 4 is 5.97 Å². The highest BCUT2D eigenvalue weighted by Crippen LogP contribution is 2.16. The van der Waals surface area contributed by atoms with Crippen molar-refractivity contribution in [3.8, 4) is 0 Å². The summed E-state index contributed by atoms with van der Waals surface area (Å²) < 4.78 is 17.9. The Morgan fingerprint density at radius 3 is 2.82 bits per heavy atom. The van der Waals surface area contributed by atoms with Crippen molar-refractivity contribution in [1.29, 1.82) is 0 Å². The monoisotopic (exact) mass is 239 g/mol. The van der Waals surface area contributed by atoms with Gasteiger partial charge in [-0.1, -0.05) is 12.1 Å². The van der Waals surface area contributed by atoms with Crippen LogP contribution in [-0.2, 0) is 9.53 Å². The van der Waals surface area contributed by atoms with Crippen LogP contribution in [0.5, 0.6) is 0 Å². The topological polar surface area (TPSA) is 38.3 Å². The van der Waals surface area contributed by atoms with E-state index in [9.17, 15) is 9.18 Å². The predicted octanol–water partition coefficient (Wildman–Crippen LogP) is 2.35. The maximum atomic E-state index is 13.3. The number of halogens is 1. The Morgan fingerprint density at radius 1 is 1.53 bits per heavy atom. The zero-order valence-corrected chi connectivity index (χ0v) is 10.4. The molecule has 0 aliphatic carbocycles. The summed E-state index contributed by atoms with van der Waals surface area (Å²) in [5.74, 6) is -0.455. The molecule has 0 fully saturated rings. The molecule has 0 bridgehead atoms. The molecular formula is C13H18FNO2. The van der Waals surface area contributed by atoms with Gasteiger partial charge in [0.2, 0.25) is 0 Å². The third-order valence-corrected chi connectivity index (χ3v) is 2.70. The van der Waals surface area contributed by atoms with Crippen LogP contribution in [0.15, 0.2) is 18.2 Å². The van der Waals surface area contributed by atoms with Gasteiger partial charge in [0.1, 0.15) is 5.82 Å². The van der Waals surface area contributed by atoms with Gasteiger partial charge in [-0.3, -0.25) is 4.79 Å². The average Bonchev–Trinajstić information content (AvgIpc) is 2.32. The summed E-state index contributed by atoms with van der Waals surface area (Å²) >= 11 is 0.